The highest BCUT2D eigenvalue weighted by atomic mass is 16.5. The molecule has 6 nitrogen and oxygen atoms in total. The number of nitrogens with one attached hydrogen (secondary N) is 1. The van der Waals surface area contributed by atoms with Crippen LogP contribution in [0.1, 0.15) is 25.1 Å². The van der Waals surface area contributed by atoms with Crippen molar-refractivity contribution in [2.45, 2.75) is 33.0 Å². The van der Waals surface area contributed by atoms with Crippen LogP contribution < -0.4 is 9.47 Å². The molecule has 0 aliphatic rings. The van der Waals surface area contributed by atoms with Gasteiger partial charge in [0.1, 0.15) is 23.9 Å². The summed E-state index contributed by atoms with van der Waals surface area (Å²) in [7, 11) is 1.61. The van der Waals surface area contributed by atoms with Gasteiger partial charge in [-0.1, -0.05) is 36.9 Å². The molecule has 1 N–H and O–H groups in total. The molecule has 0 saturated carbocycles. The van der Waals surface area contributed by atoms with Crippen LogP contribution in [0.5, 0.6) is 11.5 Å². The summed E-state index contributed by atoms with van der Waals surface area (Å²) in [5, 5.41) is 0. The second-order valence-corrected chi connectivity index (χ2v) is 7.78. The van der Waals surface area contributed by atoms with E-state index in [1.54, 1.807) is 7.11 Å². The van der Waals surface area contributed by atoms with E-state index in [0.29, 0.717) is 30.3 Å². The average molecular weight is 430 g/mol. The van der Waals surface area contributed by atoms with Gasteiger partial charge in [-0.2, -0.15) is 0 Å². The van der Waals surface area contributed by atoms with E-state index in [4.69, 9.17) is 19.2 Å². The highest BCUT2D eigenvalue weighted by Crippen LogP contribution is 2.34. The molecule has 4 aromatic rings. The minimum Gasteiger partial charge on any atom is -0.501 e. The number of aromatic nitrogens is 3. The molecule has 6 heteroatoms. The predicted octanol–water partition coefficient (Wildman–Crippen LogP) is 5.69. The minimum atomic E-state index is 0.0269. The van der Waals surface area contributed by atoms with Crippen molar-refractivity contribution in [2.24, 2.45) is 0 Å². The Morgan fingerprint density at radius 1 is 1.03 bits per heavy atom. The number of nitrogens with zero attached hydrogens (tertiary/aromatic N) is 2. The number of rotatable bonds is 9. The summed E-state index contributed by atoms with van der Waals surface area (Å²) in [4.78, 5) is 12.7. The number of aromatic amines is 1. The third kappa shape index (κ3) is 5.09. The maximum Gasteiger partial charge on any atom is 0.178 e. The van der Waals surface area contributed by atoms with Gasteiger partial charge in [-0.25, -0.2) is 9.97 Å². The molecule has 0 atom stereocenters. The van der Waals surface area contributed by atoms with Gasteiger partial charge in [-0.3, -0.25) is 0 Å². The number of imidazole rings is 1. The van der Waals surface area contributed by atoms with E-state index in [0.717, 1.165) is 33.8 Å². The highest BCUT2D eigenvalue weighted by Gasteiger charge is 2.15. The molecule has 0 aliphatic heterocycles. The van der Waals surface area contributed by atoms with E-state index in [-0.39, 0.29) is 6.10 Å². The number of hydrogen-bond donors (Lipinski definition) is 1. The molecule has 0 spiro atoms. The minimum absolute atomic E-state index is 0.0269. The zero-order valence-corrected chi connectivity index (χ0v) is 18.6. The van der Waals surface area contributed by atoms with Crippen LogP contribution in [-0.2, 0) is 17.8 Å². The molecule has 0 unspecified atom stereocenters. The lowest BCUT2D eigenvalue weighted by molar-refractivity contribution is 0.242. The van der Waals surface area contributed by atoms with Crippen LogP contribution in [0.25, 0.3) is 22.6 Å². The molecule has 0 aliphatic carbocycles. The molecule has 2 heterocycles. The maximum atomic E-state index is 6.04. The number of hydrogen-bond acceptors (Lipinski definition) is 5. The Labute approximate surface area is 187 Å². The average Bonchev–Trinajstić information content (AvgIpc) is 3.22. The highest BCUT2D eigenvalue weighted by molar-refractivity contribution is 5.78. The summed E-state index contributed by atoms with van der Waals surface area (Å²) in [5.74, 6) is 2.81. The van der Waals surface area contributed by atoms with Crippen molar-refractivity contribution < 1.29 is 14.2 Å². The number of allylic oxidation sites excluding steroid dienone is 1. The van der Waals surface area contributed by atoms with Crippen molar-refractivity contribution in [3.63, 3.8) is 0 Å². The van der Waals surface area contributed by atoms with Gasteiger partial charge in [-0.15, -0.1) is 0 Å². The van der Waals surface area contributed by atoms with Gasteiger partial charge >= 0.3 is 0 Å². The summed E-state index contributed by atoms with van der Waals surface area (Å²) in [6.07, 6.45) is 0.568. The fourth-order valence-electron chi connectivity index (χ4n) is 3.31. The maximum absolute atomic E-state index is 6.04. The summed E-state index contributed by atoms with van der Waals surface area (Å²) in [6, 6.07) is 19.8. The molecule has 2 aromatic carbocycles. The largest absolute Gasteiger partial charge is 0.501 e. The number of ether oxygens (including phenoxy) is 3. The topological polar surface area (TPSA) is 69.3 Å². The monoisotopic (exact) mass is 429 g/mol. The van der Waals surface area contributed by atoms with E-state index in [9.17, 15) is 0 Å². The van der Waals surface area contributed by atoms with Crippen LogP contribution in [0.2, 0.25) is 0 Å². The third-order valence-electron chi connectivity index (χ3n) is 4.89. The normalized spacial score (nSPS) is 11.0. The van der Waals surface area contributed by atoms with E-state index < -0.39 is 0 Å². The first-order valence-electron chi connectivity index (χ1n) is 10.6. The third-order valence-corrected chi connectivity index (χ3v) is 4.89. The van der Waals surface area contributed by atoms with Crippen molar-refractivity contribution in [1.29, 1.82) is 0 Å². The standard InChI is InChI=1S/C26H27N3O3/c1-17(2)32-24-13-11-21(31-16-19-8-6-5-7-9-19)15-22(24)25-28-23-12-10-20(14-18(3)30-4)27-26(23)29-25/h5-13,15,17H,3,14,16H2,1-2,4H3,(H,27,28,29). The molecule has 2 aromatic heterocycles. The zero-order chi connectivity index (χ0) is 22.5. The van der Waals surface area contributed by atoms with Gasteiger partial charge in [0, 0.05) is 6.42 Å². The lowest BCUT2D eigenvalue weighted by atomic mass is 10.1. The quantitative estimate of drug-likeness (QED) is 0.346. The van der Waals surface area contributed by atoms with Crippen molar-refractivity contribution in [3.05, 3.63) is 84.3 Å². The Hall–Kier alpha value is -3.80. The first-order chi connectivity index (χ1) is 15.5. The molecular weight excluding hydrogens is 402 g/mol. The molecule has 0 saturated heterocycles. The SMILES string of the molecule is C=C(Cc1ccc2[nH]c(-c3cc(OCc4ccccc4)ccc3OC(C)C)nc2n1)OC. The molecule has 0 amide bonds. The van der Waals surface area contributed by atoms with Gasteiger partial charge in [0.2, 0.25) is 0 Å². The van der Waals surface area contributed by atoms with Crippen molar-refractivity contribution >= 4 is 11.2 Å². The summed E-state index contributed by atoms with van der Waals surface area (Å²) >= 11 is 0. The molecule has 164 valence electrons. The number of fused-ring (bicyclic) bond motifs is 1. The number of benzene rings is 2. The second-order valence-electron chi connectivity index (χ2n) is 7.78. The van der Waals surface area contributed by atoms with E-state index in [1.165, 1.54) is 0 Å². The Morgan fingerprint density at radius 3 is 2.59 bits per heavy atom. The second kappa shape index (κ2) is 9.56. The number of methoxy groups -OCH3 is 1. The van der Waals surface area contributed by atoms with Gasteiger partial charge in [0.25, 0.3) is 0 Å². The number of H-pyrrole nitrogens is 1. The molecule has 0 radical (unpaired) electrons. The lowest BCUT2D eigenvalue weighted by Gasteiger charge is -2.15. The Morgan fingerprint density at radius 2 is 1.84 bits per heavy atom. The van der Waals surface area contributed by atoms with Crippen LogP contribution in [0.4, 0.5) is 0 Å². The smallest absolute Gasteiger partial charge is 0.178 e. The molecule has 0 fully saturated rings. The summed E-state index contributed by atoms with van der Waals surface area (Å²) < 4.78 is 17.2. The molecule has 0 bridgehead atoms. The Kier molecular flexibility index (Phi) is 6.40. The zero-order valence-electron chi connectivity index (χ0n) is 18.6. The van der Waals surface area contributed by atoms with Crippen LogP contribution in [-0.4, -0.2) is 28.2 Å². The Bertz CT molecular complexity index is 1220. The van der Waals surface area contributed by atoms with Gasteiger partial charge in [0.05, 0.1) is 35.7 Å². The van der Waals surface area contributed by atoms with Crippen molar-refractivity contribution in [3.8, 4) is 22.9 Å². The van der Waals surface area contributed by atoms with E-state index in [1.807, 2.05) is 74.5 Å². The lowest BCUT2D eigenvalue weighted by Crippen LogP contribution is -2.07. The summed E-state index contributed by atoms with van der Waals surface area (Å²) in [6.45, 7) is 8.35. The molecule has 4 rings (SSSR count). The first kappa shape index (κ1) is 21.4. The fourth-order valence-corrected chi connectivity index (χ4v) is 3.31. The van der Waals surface area contributed by atoms with E-state index in [2.05, 4.69) is 16.5 Å². The molecule has 32 heavy (non-hydrogen) atoms. The first-order valence-corrected chi connectivity index (χ1v) is 10.6. The van der Waals surface area contributed by atoms with Crippen LogP contribution in [0, 0.1) is 0 Å². The molecular formula is C26H27N3O3. The predicted molar refractivity (Wildman–Crippen MR) is 126 cm³/mol. The van der Waals surface area contributed by atoms with Gasteiger partial charge in [-0.05, 0) is 49.7 Å². The number of pyridine rings is 1. The van der Waals surface area contributed by atoms with Crippen molar-refractivity contribution in [2.75, 3.05) is 7.11 Å². The van der Waals surface area contributed by atoms with E-state index >= 15 is 0 Å². The fraction of sp³-hybridized carbons (Fsp3) is 0.231. The Balaban J connectivity index is 1.66. The van der Waals surface area contributed by atoms with Crippen LogP contribution in [0.3, 0.4) is 0 Å². The van der Waals surface area contributed by atoms with Crippen LogP contribution >= 0.6 is 0 Å². The summed E-state index contributed by atoms with van der Waals surface area (Å²) in [5.41, 5.74) is 4.26. The van der Waals surface area contributed by atoms with Crippen LogP contribution in [0.15, 0.2) is 73.0 Å². The van der Waals surface area contributed by atoms with Gasteiger partial charge in [0.15, 0.2) is 5.65 Å². The van der Waals surface area contributed by atoms with Crippen molar-refractivity contribution in [1.82, 2.24) is 15.0 Å². The van der Waals surface area contributed by atoms with Gasteiger partial charge < -0.3 is 19.2 Å².